The number of hydrogen-bond donors (Lipinski definition) is 0. The molecule has 2 heterocycles. The van der Waals surface area contributed by atoms with Gasteiger partial charge in [0.05, 0.1) is 38.8 Å². The van der Waals surface area contributed by atoms with E-state index in [1.54, 1.807) is 46.1 Å². The predicted octanol–water partition coefficient (Wildman–Crippen LogP) is 7.42. The molecular formula is C36H42FN5O6. The number of carbonyl (C=O) groups is 2. The summed E-state index contributed by atoms with van der Waals surface area (Å²) in [6.07, 6.45) is -1.88. The molecule has 0 radical (unpaired) electrons. The molecule has 1 aliphatic carbocycles. The fourth-order valence-electron chi connectivity index (χ4n) is 5.56. The normalized spacial score (nSPS) is 18.0. The number of benzene rings is 2. The highest BCUT2D eigenvalue weighted by atomic mass is 19.1. The smallest absolute Gasteiger partial charge is 0.425 e. The Hall–Kier alpha value is -4.68. The Balaban J connectivity index is 1.46. The van der Waals surface area contributed by atoms with Gasteiger partial charge in [-0.3, -0.25) is 0 Å². The van der Waals surface area contributed by atoms with Crippen LogP contribution in [0.4, 0.5) is 19.8 Å². The van der Waals surface area contributed by atoms with E-state index in [4.69, 9.17) is 18.9 Å². The fourth-order valence-corrected chi connectivity index (χ4v) is 5.56. The molecule has 12 heteroatoms. The van der Waals surface area contributed by atoms with Crippen molar-refractivity contribution in [3.63, 3.8) is 0 Å². The largest absolute Gasteiger partial charge is 0.443 e. The van der Waals surface area contributed by atoms with Crippen molar-refractivity contribution in [1.29, 1.82) is 0 Å². The summed E-state index contributed by atoms with van der Waals surface area (Å²) in [6, 6.07) is 19.3. The lowest BCUT2D eigenvalue weighted by Gasteiger charge is -2.47. The third-order valence-corrected chi connectivity index (χ3v) is 7.65. The molecule has 4 aromatic rings. The topological polar surface area (TPSA) is 118 Å². The highest BCUT2D eigenvalue weighted by Gasteiger charge is 2.47. The molecule has 1 aliphatic rings. The van der Waals surface area contributed by atoms with Crippen molar-refractivity contribution in [2.75, 3.05) is 18.1 Å². The number of carbonyl (C=O) groups excluding carboxylic acids is 2. The summed E-state index contributed by atoms with van der Waals surface area (Å²) in [6.45, 7) is 15.8. The van der Waals surface area contributed by atoms with E-state index in [1.807, 2.05) is 60.7 Å². The third kappa shape index (κ3) is 8.23. The standard InChI is InChI=1S/C36H42FN5O6/c1-23-26(20-45-18-24-14-10-8-11-15-24)27(21-46-19-25-16-12-9-13-17-25)29(23)41-22-38-28-30(41)39-32(37)40-31(28)42(33(43)47-35(2,3)4)34(44)48-36(5,6)7/h8-17,22,26-27,29H,1,18-21H2,2-7H3/t26-,27+,29+/m0/s1. The summed E-state index contributed by atoms with van der Waals surface area (Å²) in [5, 5.41) is 0. The predicted molar refractivity (Wildman–Crippen MR) is 178 cm³/mol. The Morgan fingerprint density at radius 2 is 1.35 bits per heavy atom. The SMILES string of the molecule is C=C1[C@@H](n2cnc3c(N(C(=O)OC(C)(C)C)C(=O)OC(C)(C)C)nc(F)nc32)[C@H](COCc2ccccc2)[C@H]1COCc1ccccc1. The number of fused-ring (bicyclic) bond motifs is 1. The van der Waals surface area contributed by atoms with Gasteiger partial charge in [-0.15, -0.1) is 0 Å². The first-order valence-electron chi connectivity index (χ1n) is 15.8. The number of ether oxygens (including phenoxy) is 4. The van der Waals surface area contributed by atoms with Crippen LogP contribution < -0.4 is 4.90 Å². The van der Waals surface area contributed by atoms with Crippen LogP contribution in [-0.4, -0.2) is 56.1 Å². The van der Waals surface area contributed by atoms with Gasteiger partial charge < -0.3 is 23.5 Å². The molecule has 254 valence electrons. The minimum Gasteiger partial charge on any atom is -0.443 e. The van der Waals surface area contributed by atoms with Crippen LogP contribution in [0.3, 0.4) is 0 Å². The molecule has 11 nitrogen and oxygen atoms in total. The number of imide groups is 1. The second kappa shape index (κ2) is 14.2. The van der Waals surface area contributed by atoms with E-state index in [-0.39, 0.29) is 23.0 Å². The summed E-state index contributed by atoms with van der Waals surface area (Å²) < 4.78 is 40.2. The van der Waals surface area contributed by atoms with E-state index in [0.717, 1.165) is 16.7 Å². The van der Waals surface area contributed by atoms with Gasteiger partial charge in [-0.2, -0.15) is 19.3 Å². The van der Waals surface area contributed by atoms with E-state index < -0.39 is 41.3 Å². The number of imidazole rings is 1. The maximum absolute atomic E-state index is 15.2. The van der Waals surface area contributed by atoms with E-state index in [2.05, 4.69) is 21.5 Å². The quantitative estimate of drug-likeness (QED) is 0.127. The van der Waals surface area contributed by atoms with Gasteiger partial charge in [0.15, 0.2) is 17.0 Å². The molecule has 0 N–H and O–H groups in total. The average molecular weight is 660 g/mol. The zero-order chi connectivity index (χ0) is 34.6. The Kier molecular flexibility index (Phi) is 10.3. The zero-order valence-electron chi connectivity index (χ0n) is 28.2. The first kappa shape index (κ1) is 34.6. The summed E-state index contributed by atoms with van der Waals surface area (Å²) in [7, 11) is 0. The molecule has 1 saturated carbocycles. The molecule has 48 heavy (non-hydrogen) atoms. The second-order valence-corrected chi connectivity index (χ2v) is 13.7. The highest BCUT2D eigenvalue weighted by Crippen LogP contribution is 2.49. The summed E-state index contributed by atoms with van der Waals surface area (Å²) in [5.74, 6) is -0.605. The van der Waals surface area contributed by atoms with Crippen LogP contribution in [0.1, 0.15) is 58.7 Å². The van der Waals surface area contributed by atoms with Crippen LogP contribution in [0.15, 0.2) is 79.1 Å². The third-order valence-electron chi connectivity index (χ3n) is 7.65. The lowest BCUT2D eigenvalue weighted by Crippen LogP contribution is -2.45. The van der Waals surface area contributed by atoms with E-state index in [1.165, 1.54) is 6.33 Å². The molecular weight excluding hydrogens is 617 g/mol. The van der Waals surface area contributed by atoms with Crippen molar-refractivity contribution in [2.24, 2.45) is 11.8 Å². The first-order chi connectivity index (χ1) is 22.7. The number of anilines is 1. The zero-order valence-corrected chi connectivity index (χ0v) is 28.2. The Morgan fingerprint density at radius 1 is 0.833 bits per heavy atom. The van der Waals surface area contributed by atoms with Gasteiger partial charge in [0.2, 0.25) is 0 Å². The number of aromatic nitrogens is 4. The minimum absolute atomic E-state index is 0.00801. The number of rotatable bonds is 10. The lowest BCUT2D eigenvalue weighted by molar-refractivity contribution is -0.0164. The molecule has 3 atom stereocenters. The van der Waals surface area contributed by atoms with Crippen molar-refractivity contribution in [1.82, 2.24) is 19.5 Å². The Bertz CT molecular complexity index is 1720. The molecule has 2 aromatic heterocycles. The minimum atomic E-state index is -1.17. The van der Waals surface area contributed by atoms with Crippen LogP contribution in [0.2, 0.25) is 0 Å². The molecule has 0 saturated heterocycles. The summed E-state index contributed by atoms with van der Waals surface area (Å²) in [4.78, 5) is 39.7. The first-order valence-corrected chi connectivity index (χ1v) is 15.8. The number of nitrogens with zero attached hydrogens (tertiary/aromatic N) is 5. The van der Waals surface area contributed by atoms with Crippen molar-refractivity contribution in [3.05, 3.63) is 96.3 Å². The maximum atomic E-state index is 15.2. The van der Waals surface area contributed by atoms with Gasteiger partial charge in [-0.05, 0) is 58.2 Å². The molecule has 2 aromatic carbocycles. The van der Waals surface area contributed by atoms with Gasteiger partial charge in [0.25, 0.3) is 0 Å². The maximum Gasteiger partial charge on any atom is 0.425 e. The number of hydrogen-bond acceptors (Lipinski definition) is 9. The fraction of sp³-hybridized carbons (Fsp3) is 0.417. The van der Waals surface area contributed by atoms with Gasteiger partial charge in [0.1, 0.15) is 11.2 Å². The highest BCUT2D eigenvalue weighted by molar-refractivity contribution is 6.12. The molecule has 0 spiro atoms. The van der Waals surface area contributed by atoms with Crippen molar-refractivity contribution in [2.45, 2.75) is 72.0 Å². The van der Waals surface area contributed by atoms with Crippen molar-refractivity contribution < 1.29 is 32.9 Å². The van der Waals surface area contributed by atoms with Gasteiger partial charge in [0, 0.05) is 11.8 Å². The molecule has 0 aliphatic heterocycles. The van der Waals surface area contributed by atoms with E-state index in [9.17, 15) is 9.59 Å². The lowest BCUT2D eigenvalue weighted by atomic mass is 9.66. The van der Waals surface area contributed by atoms with Crippen molar-refractivity contribution in [3.8, 4) is 0 Å². The van der Waals surface area contributed by atoms with E-state index >= 15 is 4.39 Å². The van der Waals surface area contributed by atoms with Crippen LogP contribution in [0.25, 0.3) is 11.2 Å². The molecule has 1 fully saturated rings. The number of halogens is 1. The second-order valence-electron chi connectivity index (χ2n) is 13.7. The summed E-state index contributed by atoms with van der Waals surface area (Å²) in [5.41, 5.74) is 1.03. The van der Waals surface area contributed by atoms with Crippen LogP contribution >= 0.6 is 0 Å². The van der Waals surface area contributed by atoms with E-state index in [0.29, 0.717) is 31.3 Å². The number of amides is 2. The molecule has 0 unspecified atom stereocenters. The van der Waals surface area contributed by atoms with Crippen LogP contribution in [-0.2, 0) is 32.2 Å². The molecule has 2 amide bonds. The Labute approximate surface area is 279 Å². The van der Waals surface area contributed by atoms with Gasteiger partial charge >= 0.3 is 18.3 Å². The van der Waals surface area contributed by atoms with Crippen molar-refractivity contribution >= 4 is 29.2 Å². The van der Waals surface area contributed by atoms with Crippen LogP contribution in [0.5, 0.6) is 0 Å². The summed E-state index contributed by atoms with van der Waals surface area (Å²) >= 11 is 0. The molecule has 0 bridgehead atoms. The van der Waals surface area contributed by atoms with Gasteiger partial charge in [-0.25, -0.2) is 14.6 Å². The Morgan fingerprint density at radius 3 is 1.88 bits per heavy atom. The molecule has 5 rings (SSSR count). The van der Waals surface area contributed by atoms with Crippen LogP contribution in [0, 0.1) is 17.9 Å². The monoisotopic (exact) mass is 659 g/mol. The average Bonchev–Trinajstić information content (AvgIpc) is 3.41. The van der Waals surface area contributed by atoms with Gasteiger partial charge in [-0.1, -0.05) is 67.2 Å².